The number of aryl methyl sites for hydroxylation is 1. The van der Waals surface area contributed by atoms with Gasteiger partial charge in [0.1, 0.15) is 12.4 Å². The van der Waals surface area contributed by atoms with Crippen molar-refractivity contribution in [3.63, 3.8) is 0 Å². The van der Waals surface area contributed by atoms with E-state index >= 15 is 0 Å². The van der Waals surface area contributed by atoms with E-state index in [9.17, 15) is 4.79 Å². The van der Waals surface area contributed by atoms with Crippen LogP contribution in [0.1, 0.15) is 59.3 Å². The van der Waals surface area contributed by atoms with E-state index in [0.29, 0.717) is 11.5 Å². The molecule has 3 aliphatic heterocycles. The molecule has 0 aliphatic carbocycles. The van der Waals surface area contributed by atoms with Crippen molar-refractivity contribution in [3.05, 3.63) is 89.1 Å². The van der Waals surface area contributed by atoms with Gasteiger partial charge in [-0.25, -0.2) is 4.79 Å². The molecule has 1 aromatic heterocycles. The molecule has 0 bridgehead atoms. The number of ether oxygens (including phenoxy) is 2. The third-order valence-corrected chi connectivity index (χ3v) is 8.96. The molecular formula is C33H34N2O3. The minimum Gasteiger partial charge on any atom is -0.472 e. The zero-order valence-electron chi connectivity index (χ0n) is 22.0. The maximum Gasteiger partial charge on any atom is 0.340 e. The summed E-state index contributed by atoms with van der Waals surface area (Å²) in [7, 11) is 0. The van der Waals surface area contributed by atoms with Gasteiger partial charge < -0.3 is 14.5 Å². The number of hydrogen-bond donors (Lipinski definition) is 1. The molecule has 3 aliphatic rings. The normalized spacial score (nSPS) is 22.7. The highest BCUT2D eigenvalue weighted by atomic mass is 16.5. The Kier molecular flexibility index (Phi) is 5.77. The first kappa shape index (κ1) is 23.5. The van der Waals surface area contributed by atoms with Crippen LogP contribution in [0.4, 0.5) is 0 Å². The van der Waals surface area contributed by atoms with Crippen LogP contribution in [0.2, 0.25) is 0 Å². The van der Waals surface area contributed by atoms with Crippen LogP contribution in [0.15, 0.2) is 66.7 Å². The zero-order valence-corrected chi connectivity index (χ0v) is 22.0. The lowest BCUT2D eigenvalue weighted by atomic mass is 9.74. The molecule has 2 fully saturated rings. The molecule has 2 saturated heterocycles. The molecule has 38 heavy (non-hydrogen) atoms. The largest absolute Gasteiger partial charge is 0.472 e. The van der Waals surface area contributed by atoms with Gasteiger partial charge in [0.25, 0.3) is 0 Å². The second-order valence-electron chi connectivity index (χ2n) is 11.2. The van der Waals surface area contributed by atoms with E-state index in [0.717, 1.165) is 65.0 Å². The van der Waals surface area contributed by atoms with Crippen molar-refractivity contribution >= 4 is 16.9 Å². The Morgan fingerprint density at radius 2 is 1.79 bits per heavy atom. The molecule has 0 radical (unpaired) electrons. The molecule has 1 N–H and O–H groups in total. The van der Waals surface area contributed by atoms with Crippen molar-refractivity contribution in [2.75, 3.05) is 13.1 Å². The molecule has 0 saturated carbocycles. The predicted molar refractivity (Wildman–Crippen MR) is 149 cm³/mol. The van der Waals surface area contributed by atoms with Crippen LogP contribution in [-0.2, 0) is 17.8 Å². The monoisotopic (exact) mass is 506 g/mol. The average molecular weight is 507 g/mol. The van der Waals surface area contributed by atoms with Crippen molar-refractivity contribution in [2.24, 2.45) is 5.92 Å². The van der Waals surface area contributed by atoms with Crippen molar-refractivity contribution in [3.8, 4) is 16.9 Å². The predicted octanol–water partition coefficient (Wildman–Crippen LogP) is 7.03. The Morgan fingerprint density at radius 1 is 1.00 bits per heavy atom. The van der Waals surface area contributed by atoms with Gasteiger partial charge in [-0.05, 0) is 67.9 Å². The van der Waals surface area contributed by atoms with Crippen molar-refractivity contribution < 1.29 is 14.3 Å². The molecule has 1 spiro atoms. The van der Waals surface area contributed by atoms with Gasteiger partial charge in [-0.1, -0.05) is 54.6 Å². The summed E-state index contributed by atoms with van der Waals surface area (Å²) in [5.41, 5.74) is 6.77. The molecule has 4 aromatic rings. The van der Waals surface area contributed by atoms with Gasteiger partial charge in [0.05, 0.1) is 5.56 Å². The van der Waals surface area contributed by atoms with Gasteiger partial charge in [-0.15, -0.1) is 0 Å². The number of carbonyl (C=O) groups is 1. The summed E-state index contributed by atoms with van der Waals surface area (Å²) in [6.45, 7) is 4.46. The molecule has 3 aromatic carbocycles. The topological polar surface area (TPSA) is 54.6 Å². The zero-order chi connectivity index (χ0) is 25.7. The Balaban J connectivity index is 1.16. The van der Waals surface area contributed by atoms with E-state index in [1.54, 1.807) is 0 Å². The van der Waals surface area contributed by atoms with Crippen LogP contribution in [0.5, 0.6) is 5.75 Å². The molecule has 4 heterocycles. The van der Waals surface area contributed by atoms with Crippen LogP contribution in [0, 0.1) is 12.8 Å². The van der Waals surface area contributed by atoms with Crippen LogP contribution < -0.4 is 4.74 Å². The maximum atomic E-state index is 13.5. The Labute approximate surface area is 223 Å². The summed E-state index contributed by atoms with van der Waals surface area (Å²) in [5, 5.41) is 0.979. The number of esters is 1. The molecule has 2 unspecified atom stereocenters. The molecule has 0 amide bonds. The molecule has 7 rings (SSSR count). The standard InChI is InChI=1S/C33H34N2O3/c1-22-30(32(36)37-21-23-11-13-25(14-12-23)24-8-3-2-4-9-24)31-27-20-26-10-7-19-35-18-6-5-17-33(26,35)38-29(27)16-15-28(31)34-22/h2-4,8-9,11-16,26,34H,5-7,10,17-21H2,1H3. The van der Waals surface area contributed by atoms with Gasteiger partial charge in [0.2, 0.25) is 0 Å². The summed E-state index contributed by atoms with van der Waals surface area (Å²) in [4.78, 5) is 19.5. The summed E-state index contributed by atoms with van der Waals surface area (Å²) >= 11 is 0. The maximum absolute atomic E-state index is 13.5. The summed E-state index contributed by atoms with van der Waals surface area (Å²) in [6.07, 6.45) is 6.91. The van der Waals surface area contributed by atoms with E-state index in [-0.39, 0.29) is 18.3 Å². The van der Waals surface area contributed by atoms with Gasteiger partial charge in [-0.3, -0.25) is 4.90 Å². The number of piperidine rings is 2. The first-order valence-corrected chi connectivity index (χ1v) is 14.0. The Hall–Kier alpha value is -3.57. The lowest BCUT2D eigenvalue weighted by molar-refractivity contribution is -0.177. The minimum atomic E-state index is -0.280. The molecule has 5 heteroatoms. The highest BCUT2D eigenvalue weighted by Crippen LogP contribution is 2.50. The third-order valence-electron chi connectivity index (χ3n) is 8.96. The minimum absolute atomic E-state index is 0.172. The number of aromatic nitrogens is 1. The number of aromatic amines is 1. The summed E-state index contributed by atoms with van der Waals surface area (Å²) in [6, 6.07) is 22.7. The number of fused-ring (bicyclic) bond motifs is 3. The summed E-state index contributed by atoms with van der Waals surface area (Å²) in [5.74, 6) is 1.11. The molecule has 194 valence electrons. The molecule has 5 nitrogen and oxygen atoms in total. The van der Waals surface area contributed by atoms with E-state index < -0.39 is 0 Å². The Bertz CT molecular complexity index is 1490. The van der Waals surface area contributed by atoms with E-state index in [4.69, 9.17) is 9.47 Å². The average Bonchev–Trinajstić information content (AvgIpc) is 3.31. The van der Waals surface area contributed by atoms with Crippen molar-refractivity contribution in [1.82, 2.24) is 9.88 Å². The van der Waals surface area contributed by atoms with Crippen LogP contribution in [0.25, 0.3) is 22.0 Å². The van der Waals surface area contributed by atoms with Crippen LogP contribution >= 0.6 is 0 Å². The number of benzene rings is 3. The second-order valence-corrected chi connectivity index (χ2v) is 11.2. The van der Waals surface area contributed by atoms with Gasteiger partial charge in [0.15, 0.2) is 5.72 Å². The fraction of sp³-hybridized carbons (Fsp3) is 0.364. The number of carbonyl (C=O) groups excluding carboxylic acids is 1. The number of nitrogens with one attached hydrogen (secondary N) is 1. The van der Waals surface area contributed by atoms with Gasteiger partial charge >= 0.3 is 5.97 Å². The highest BCUT2D eigenvalue weighted by molar-refractivity contribution is 6.07. The fourth-order valence-electron chi connectivity index (χ4n) is 7.11. The second kappa shape index (κ2) is 9.32. The van der Waals surface area contributed by atoms with Gasteiger partial charge in [-0.2, -0.15) is 0 Å². The number of nitrogens with zero attached hydrogens (tertiary/aromatic N) is 1. The lowest BCUT2D eigenvalue weighted by Gasteiger charge is -2.56. The molecular weight excluding hydrogens is 472 g/mol. The molecule has 2 atom stereocenters. The smallest absolute Gasteiger partial charge is 0.340 e. The number of hydrogen-bond acceptors (Lipinski definition) is 4. The quantitative estimate of drug-likeness (QED) is 0.302. The van der Waals surface area contributed by atoms with E-state index in [1.807, 2.05) is 37.3 Å². The number of rotatable bonds is 4. The van der Waals surface area contributed by atoms with Gasteiger partial charge in [0, 0.05) is 47.6 Å². The SMILES string of the molecule is Cc1[nH]c2ccc3c(c2c1C(=O)OCc1ccc(-c2ccccc2)cc1)CC1CCCN2CCCCC12O3. The van der Waals surface area contributed by atoms with Crippen LogP contribution in [-0.4, -0.2) is 34.7 Å². The van der Waals surface area contributed by atoms with E-state index in [1.165, 1.54) is 31.2 Å². The first-order valence-electron chi connectivity index (χ1n) is 14.0. The lowest BCUT2D eigenvalue weighted by Crippen LogP contribution is -2.64. The fourth-order valence-corrected chi connectivity index (χ4v) is 7.11. The number of H-pyrrole nitrogens is 1. The third kappa shape index (κ3) is 3.83. The summed E-state index contributed by atoms with van der Waals surface area (Å²) < 4.78 is 12.8. The van der Waals surface area contributed by atoms with Crippen molar-refractivity contribution in [2.45, 2.75) is 57.8 Å². The Morgan fingerprint density at radius 3 is 2.63 bits per heavy atom. The van der Waals surface area contributed by atoms with Crippen molar-refractivity contribution in [1.29, 1.82) is 0 Å². The first-order chi connectivity index (χ1) is 18.6. The van der Waals surface area contributed by atoms with Crippen LogP contribution in [0.3, 0.4) is 0 Å². The van der Waals surface area contributed by atoms with E-state index in [2.05, 4.69) is 46.3 Å². The highest BCUT2D eigenvalue weighted by Gasteiger charge is 2.52.